The molecular weight excluding hydrogens is 232 g/mol. The molecule has 0 bridgehead atoms. The maximum Gasteiger partial charge on any atom is 0.255 e. The van der Waals surface area contributed by atoms with Gasteiger partial charge in [0.2, 0.25) is 0 Å². The monoisotopic (exact) mass is 250 g/mol. The fourth-order valence-electron chi connectivity index (χ4n) is 1.65. The molecule has 3 N–H and O–H groups in total. The van der Waals surface area contributed by atoms with E-state index in [1.165, 1.54) is 12.8 Å². The minimum atomic E-state index is -0.480. The molecule has 18 heavy (non-hydrogen) atoms. The summed E-state index contributed by atoms with van der Waals surface area (Å²) < 4.78 is 10.6. The number of benzene rings is 1. The molecule has 98 valence electrons. The van der Waals surface area contributed by atoms with Gasteiger partial charge in [0.25, 0.3) is 5.91 Å². The van der Waals surface area contributed by atoms with Crippen LogP contribution in [0.25, 0.3) is 0 Å². The SMILES string of the molecule is COc1ccc(OCC(N)=O)c(CNC2CC2)c1. The van der Waals surface area contributed by atoms with E-state index in [-0.39, 0.29) is 6.61 Å². The lowest BCUT2D eigenvalue weighted by atomic mass is 10.2. The van der Waals surface area contributed by atoms with Crippen molar-refractivity contribution in [2.24, 2.45) is 5.73 Å². The summed E-state index contributed by atoms with van der Waals surface area (Å²) in [5, 5.41) is 3.40. The molecule has 0 heterocycles. The lowest BCUT2D eigenvalue weighted by Gasteiger charge is -2.12. The number of ether oxygens (including phenoxy) is 2. The predicted octanol–water partition coefficient (Wildman–Crippen LogP) is 0.811. The minimum absolute atomic E-state index is 0.108. The second-order valence-electron chi connectivity index (χ2n) is 4.38. The highest BCUT2D eigenvalue weighted by molar-refractivity contribution is 5.75. The van der Waals surface area contributed by atoms with Crippen LogP contribution in [0.2, 0.25) is 0 Å². The summed E-state index contributed by atoms with van der Waals surface area (Å²) in [6.45, 7) is 0.596. The van der Waals surface area contributed by atoms with Crippen LogP contribution in [0.1, 0.15) is 18.4 Å². The molecule has 0 atom stereocenters. The molecule has 1 aromatic rings. The number of nitrogens with one attached hydrogen (secondary N) is 1. The van der Waals surface area contributed by atoms with Crippen LogP contribution >= 0.6 is 0 Å². The normalized spacial score (nSPS) is 14.3. The molecule has 0 aromatic heterocycles. The lowest BCUT2D eigenvalue weighted by molar-refractivity contribution is -0.119. The smallest absolute Gasteiger partial charge is 0.255 e. The van der Waals surface area contributed by atoms with Crippen LogP contribution in [0.15, 0.2) is 18.2 Å². The Labute approximate surface area is 106 Å². The third-order valence-electron chi connectivity index (χ3n) is 2.80. The predicted molar refractivity (Wildman–Crippen MR) is 67.5 cm³/mol. The topological polar surface area (TPSA) is 73.6 Å². The summed E-state index contributed by atoms with van der Waals surface area (Å²) in [6, 6.07) is 6.12. The first kappa shape index (κ1) is 12.7. The zero-order valence-corrected chi connectivity index (χ0v) is 10.4. The van der Waals surface area contributed by atoms with Gasteiger partial charge in [0.15, 0.2) is 6.61 Å². The maximum atomic E-state index is 10.7. The van der Waals surface area contributed by atoms with E-state index in [1.807, 2.05) is 6.07 Å². The quantitative estimate of drug-likeness (QED) is 0.751. The van der Waals surface area contributed by atoms with Gasteiger partial charge in [-0.2, -0.15) is 0 Å². The van der Waals surface area contributed by atoms with E-state index >= 15 is 0 Å². The Bertz CT molecular complexity index is 430. The van der Waals surface area contributed by atoms with Crippen molar-refractivity contribution in [3.8, 4) is 11.5 Å². The number of hydrogen-bond acceptors (Lipinski definition) is 4. The van der Waals surface area contributed by atoms with Gasteiger partial charge >= 0.3 is 0 Å². The standard InChI is InChI=1S/C13H18N2O3/c1-17-11-4-5-12(18-8-13(14)16)9(6-11)7-15-10-2-3-10/h4-6,10,15H,2-3,7-8H2,1H3,(H2,14,16). The van der Waals surface area contributed by atoms with Crippen LogP contribution in [0.5, 0.6) is 11.5 Å². The van der Waals surface area contributed by atoms with Crippen LogP contribution in [-0.4, -0.2) is 25.7 Å². The van der Waals surface area contributed by atoms with Crippen molar-refractivity contribution in [3.63, 3.8) is 0 Å². The average Bonchev–Trinajstić information content (AvgIpc) is 3.18. The molecule has 0 unspecified atom stereocenters. The first-order valence-corrected chi connectivity index (χ1v) is 6.00. The number of nitrogens with two attached hydrogens (primary N) is 1. The number of primary amides is 1. The van der Waals surface area contributed by atoms with Gasteiger partial charge in [-0.1, -0.05) is 0 Å². The van der Waals surface area contributed by atoms with Gasteiger partial charge in [0.05, 0.1) is 7.11 Å². The molecule has 1 saturated carbocycles. The number of amides is 1. The van der Waals surface area contributed by atoms with Crippen LogP contribution in [-0.2, 0) is 11.3 Å². The second-order valence-corrected chi connectivity index (χ2v) is 4.38. The third kappa shape index (κ3) is 3.63. The van der Waals surface area contributed by atoms with Crippen molar-refractivity contribution in [2.75, 3.05) is 13.7 Å². The molecule has 1 aliphatic carbocycles. The van der Waals surface area contributed by atoms with Crippen LogP contribution in [0, 0.1) is 0 Å². The molecule has 1 fully saturated rings. The Morgan fingerprint density at radius 1 is 1.50 bits per heavy atom. The molecule has 2 rings (SSSR count). The summed E-state index contributed by atoms with van der Waals surface area (Å²) in [7, 11) is 1.62. The fourth-order valence-corrected chi connectivity index (χ4v) is 1.65. The first-order valence-electron chi connectivity index (χ1n) is 6.00. The van der Waals surface area contributed by atoms with Gasteiger partial charge in [-0.25, -0.2) is 0 Å². The average molecular weight is 250 g/mol. The van der Waals surface area contributed by atoms with Gasteiger partial charge in [0, 0.05) is 18.2 Å². The molecule has 0 spiro atoms. The summed E-state index contributed by atoms with van der Waals surface area (Å²) in [5.74, 6) is 0.962. The summed E-state index contributed by atoms with van der Waals surface area (Å²) >= 11 is 0. The Hall–Kier alpha value is -1.75. The van der Waals surface area contributed by atoms with Crippen LogP contribution in [0.4, 0.5) is 0 Å². The Balaban J connectivity index is 2.06. The summed E-state index contributed by atoms with van der Waals surface area (Å²) in [6.07, 6.45) is 2.45. The Kier molecular flexibility index (Phi) is 4.04. The second kappa shape index (κ2) is 5.73. The van der Waals surface area contributed by atoms with Crippen LogP contribution in [0.3, 0.4) is 0 Å². The van der Waals surface area contributed by atoms with Gasteiger partial charge in [-0.15, -0.1) is 0 Å². The fraction of sp³-hybridized carbons (Fsp3) is 0.462. The van der Waals surface area contributed by atoms with E-state index in [1.54, 1.807) is 19.2 Å². The molecule has 0 saturated heterocycles. The van der Waals surface area contributed by atoms with Gasteiger partial charge in [0.1, 0.15) is 11.5 Å². The summed E-state index contributed by atoms with van der Waals surface area (Å²) in [5.41, 5.74) is 6.05. The van der Waals surface area contributed by atoms with E-state index in [9.17, 15) is 4.79 Å². The number of carbonyl (C=O) groups excluding carboxylic acids is 1. The Morgan fingerprint density at radius 2 is 2.28 bits per heavy atom. The first-order chi connectivity index (χ1) is 8.69. The summed E-state index contributed by atoms with van der Waals surface area (Å²) in [4.78, 5) is 10.7. The maximum absolute atomic E-state index is 10.7. The molecule has 1 aromatic carbocycles. The highest BCUT2D eigenvalue weighted by Gasteiger charge is 2.20. The number of rotatable bonds is 7. The zero-order chi connectivity index (χ0) is 13.0. The highest BCUT2D eigenvalue weighted by Crippen LogP contribution is 2.26. The van der Waals surface area contributed by atoms with Gasteiger partial charge in [-0.3, -0.25) is 4.79 Å². The number of carbonyl (C=O) groups is 1. The molecule has 5 nitrogen and oxygen atoms in total. The van der Waals surface area contributed by atoms with E-state index in [0.29, 0.717) is 18.3 Å². The van der Waals surface area contributed by atoms with E-state index in [4.69, 9.17) is 15.2 Å². The molecule has 0 aliphatic heterocycles. The van der Waals surface area contributed by atoms with Gasteiger partial charge in [-0.05, 0) is 31.0 Å². The molecule has 0 radical (unpaired) electrons. The highest BCUT2D eigenvalue weighted by atomic mass is 16.5. The van der Waals surface area contributed by atoms with Crippen molar-refractivity contribution >= 4 is 5.91 Å². The lowest BCUT2D eigenvalue weighted by Crippen LogP contribution is -2.21. The Morgan fingerprint density at radius 3 is 2.89 bits per heavy atom. The van der Waals surface area contributed by atoms with E-state index in [2.05, 4.69) is 5.32 Å². The van der Waals surface area contributed by atoms with Crippen molar-refractivity contribution < 1.29 is 14.3 Å². The van der Waals surface area contributed by atoms with Gasteiger partial charge < -0.3 is 20.5 Å². The zero-order valence-electron chi connectivity index (χ0n) is 10.4. The van der Waals surface area contributed by atoms with Crippen molar-refractivity contribution in [1.29, 1.82) is 0 Å². The third-order valence-corrected chi connectivity index (χ3v) is 2.80. The van der Waals surface area contributed by atoms with Crippen molar-refractivity contribution in [2.45, 2.75) is 25.4 Å². The van der Waals surface area contributed by atoms with E-state index in [0.717, 1.165) is 11.3 Å². The van der Waals surface area contributed by atoms with E-state index < -0.39 is 5.91 Å². The molecule has 1 amide bonds. The van der Waals surface area contributed by atoms with Crippen molar-refractivity contribution in [1.82, 2.24) is 5.32 Å². The van der Waals surface area contributed by atoms with Crippen molar-refractivity contribution in [3.05, 3.63) is 23.8 Å². The number of hydrogen-bond donors (Lipinski definition) is 2. The molecule has 1 aliphatic rings. The minimum Gasteiger partial charge on any atom is -0.497 e. The number of methoxy groups -OCH3 is 1. The van der Waals surface area contributed by atoms with Crippen LogP contribution < -0.4 is 20.5 Å². The molecular formula is C13H18N2O3. The molecule has 5 heteroatoms. The largest absolute Gasteiger partial charge is 0.497 e.